The predicted molar refractivity (Wildman–Crippen MR) is 114 cm³/mol. The van der Waals surface area contributed by atoms with Crippen LogP contribution in [0.1, 0.15) is 12.6 Å². The molecule has 0 aromatic carbocycles. The number of nitrogens with one attached hydrogen (secondary N) is 2. The van der Waals surface area contributed by atoms with Crippen molar-refractivity contribution < 1.29 is 13.2 Å². The summed E-state index contributed by atoms with van der Waals surface area (Å²) >= 11 is 1.38. The Hall–Kier alpha value is -2.97. The first kappa shape index (κ1) is 21.3. The van der Waals surface area contributed by atoms with Crippen LogP contribution in [0.3, 0.4) is 0 Å². The van der Waals surface area contributed by atoms with Crippen LogP contribution in [0.2, 0.25) is 0 Å². The first-order valence-corrected chi connectivity index (χ1v) is 10.6. The van der Waals surface area contributed by atoms with Crippen molar-refractivity contribution >= 4 is 28.8 Å². The lowest BCUT2D eigenvalue weighted by atomic mass is 10.0. The lowest BCUT2D eigenvalue weighted by Crippen LogP contribution is -2.58. The molecule has 0 bridgehead atoms. The molecule has 31 heavy (non-hydrogen) atoms. The number of pyridine rings is 2. The number of H-pyrrole nitrogens is 2. The summed E-state index contributed by atoms with van der Waals surface area (Å²) in [5.74, 6) is 0.808. The average Bonchev–Trinajstić information content (AvgIpc) is 3.16. The highest BCUT2D eigenvalue weighted by Crippen LogP contribution is 2.34. The Bertz CT molecular complexity index is 1200. The molecule has 1 unspecified atom stereocenters. The SMILES string of the molecule is CCSN1CCN(c2cc(-c3ccnc4[nH]c(C#N)cc34)cc(=O)[nH]2)C(C(F)(F)F)C1. The van der Waals surface area contributed by atoms with Crippen molar-refractivity contribution in [3.8, 4) is 17.2 Å². The largest absolute Gasteiger partial charge is 0.410 e. The first-order valence-electron chi connectivity index (χ1n) is 9.64. The number of nitrogens with zero attached hydrogens (tertiary/aromatic N) is 4. The van der Waals surface area contributed by atoms with E-state index in [9.17, 15) is 18.0 Å². The molecule has 3 aromatic heterocycles. The van der Waals surface area contributed by atoms with E-state index >= 15 is 0 Å². The Morgan fingerprint density at radius 2 is 2.10 bits per heavy atom. The van der Waals surface area contributed by atoms with Gasteiger partial charge >= 0.3 is 6.18 Å². The molecule has 11 heteroatoms. The van der Waals surface area contributed by atoms with Gasteiger partial charge in [0.15, 0.2) is 0 Å². The third-order valence-corrected chi connectivity index (χ3v) is 6.09. The number of hydrogen-bond donors (Lipinski definition) is 2. The molecule has 0 aliphatic carbocycles. The maximum absolute atomic E-state index is 13.9. The summed E-state index contributed by atoms with van der Waals surface area (Å²) in [4.78, 5) is 23.2. The minimum absolute atomic E-state index is 0.118. The standard InChI is InChI=1S/C20H19F3N6OS/c1-2-31-28-5-6-29(16(11-28)20(21,22)23)17-7-12(8-18(30)27-17)14-3-4-25-19-15(14)9-13(10-24)26-19/h3-4,7-9,16H,2,5-6,11H2,1H3,(H,25,26)(H,27,30). The molecule has 0 spiro atoms. The van der Waals surface area contributed by atoms with E-state index in [-0.39, 0.29) is 18.9 Å². The van der Waals surface area contributed by atoms with Crippen molar-refractivity contribution in [2.24, 2.45) is 0 Å². The highest BCUT2D eigenvalue weighted by molar-refractivity contribution is 7.96. The number of anilines is 1. The quantitative estimate of drug-likeness (QED) is 0.594. The summed E-state index contributed by atoms with van der Waals surface area (Å²) in [6.07, 6.45) is -2.93. The molecular weight excluding hydrogens is 429 g/mol. The van der Waals surface area contributed by atoms with Gasteiger partial charge in [0.05, 0.1) is 0 Å². The number of hydrogen-bond acceptors (Lipinski definition) is 6. The lowest BCUT2D eigenvalue weighted by molar-refractivity contribution is -0.153. The van der Waals surface area contributed by atoms with Crippen LogP contribution in [0.15, 0.2) is 35.3 Å². The fourth-order valence-corrected chi connectivity index (χ4v) is 4.63. The number of aromatic amines is 2. The first-order chi connectivity index (χ1) is 14.8. The van der Waals surface area contributed by atoms with Gasteiger partial charge in [0.25, 0.3) is 0 Å². The smallest absolute Gasteiger partial charge is 0.344 e. The monoisotopic (exact) mass is 448 g/mol. The van der Waals surface area contributed by atoms with Crippen molar-refractivity contribution in [2.75, 3.05) is 30.3 Å². The second-order valence-electron chi connectivity index (χ2n) is 7.09. The van der Waals surface area contributed by atoms with Gasteiger partial charge in [0.2, 0.25) is 5.56 Å². The Morgan fingerprint density at radius 1 is 1.29 bits per heavy atom. The summed E-state index contributed by atoms with van der Waals surface area (Å²) in [5.41, 5.74) is 1.34. The van der Waals surface area contributed by atoms with E-state index in [1.807, 2.05) is 13.0 Å². The van der Waals surface area contributed by atoms with E-state index in [0.717, 1.165) is 0 Å². The van der Waals surface area contributed by atoms with Crippen LogP contribution in [-0.4, -0.2) is 56.9 Å². The normalized spacial score (nSPS) is 17.8. The second kappa shape index (κ2) is 8.28. The van der Waals surface area contributed by atoms with Crippen molar-refractivity contribution in [1.82, 2.24) is 19.3 Å². The van der Waals surface area contributed by atoms with Crippen molar-refractivity contribution in [3.05, 3.63) is 46.5 Å². The van der Waals surface area contributed by atoms with Crippen molar-refractivity contribution in [2.45, 2.75) is 19.1 Å². The van der Waals surface area contributed by atoms with Crippen LogP contribution in [0.25, 0.3) is 22.2 Å². The van der Waals surface area contributed by atoms with Gasteiger partial charge in [-0.2, -0.15) is 18.4 Å². The van der Waals surface area contributed by atoms with Gasteiger partial charge in [0, 0.05) is 43.0 Å². The summed E-state index contributed by atoms with van der Waals surface area (Å²) in [6, 6.07) is 6.44. The Morgan fingerprint density at radius 3 is 2.81 bits per heavy atom. The number of piperazine rings is 1. The molecule has 0 radical (unpaired) electrons. The maximum atomic E-state index is 13.9. The molecule has 4 rings (SSSR count). The average molecular weight is 448 g/mol. The van der Waals surface area contributed by atoms with Gasteiger partial charge in [-0.3, -0.25) is 4.79 Å². The third kappa shape index (κ3) is 4.26. The number of alkyl halides is 3. The highest BCUT2D eigenvalue weighted by atomic mass is 32.2. The van der Waals surface area contributed by atoms with Gasteiger partial charge in [-0.15, -0.1) is 0 Å². The number of nitriles is 1. The maximum Gasteiger partial charge on any atom is 0.410 e. The molecule has 1 aliphatic heterocycles. The van der Waals surface area contributed by atoms with E-state index in [1.54, 1.807) is 22.5 Å². The van der Waals surface area contributed by atoms with Crippen LogP contribution in [-0.2, 0) is 0 Å². The van der Waals surface area contributed by atoms with Crippen LogP contribution in [0.5, 0.6) is 0 Å². The lowest BCUT2D eigenvalue weighted by Gasteiger charge is -2.42. The summed E-state index contributed by atoms with van der Waals surface area (Å²) in [6.45, 7) is 2.29. The molecule has 162 valence electrons. The molecule has 1 atom stereocenters. The van der Waals surface area contributed by atoms with E-state index in [1.165, 1.54) is 29.1 Å². The number of aromatic nitrogens is 3. The van der Waals surface area contributed by atoms with E-state index in [4.69, 9.17) is 5.26 Å². The van der Waals surface area contributed by atoms with E-state index in [0.29, 0.717) is 40.2 Å². The van der Waals surface area contributed by atoms with Gasteiger partial charge in [0.1, 0.15) is 29.3 Å². The van der Waals surface area contributed by atoms with Crippen LogP contribution in [0.4, 0.5) is 19.0 Å². The minimum atomic E-state index is -4.45. The molecule has 2 N–H and O–H groups in total. The van der Waals surface area contributed by atoms with Crippen LogP contribution >= 0.6 is 11.9 Å². The Labute approximate surface area is 180 Å². The molecule has 0 amide bonds. The highest BCUT2D eigenvalue weighted by Gasteiger charge is 2.47. The Kier molecular flexibility index (Phi) is 5.68. The molecule has 0 saturated carbocycles. The summed E-state index contributed by atoms with van der Waals surface area (Å²) in [5, 5.41) is 9.76. The summed E-state index contributed by atoms with van der Waals surface area (Å²) < 4.78 is 43.3. The zero-order valence-electron chi connectivity index (χ0n) is 16.5. The van der Waals surface area contributed by atoms with Crippen molar-refractivity contribution in [3.63, 3.8) is 0 Å². The van der Waals surface area contributed by atoms with Gasteiger partial charge in [-0.25, -0.2) is 9.29 Å². The second-order valence-corrected chi connectivity index (χ2v) is 8.44. The van der Waals surface area contributed by atoms with Crippen molar-refractivity contribution in [1.29, 1.82) is 5.26 Å². The number of halogens is 3. The molecule has 1 saturated heterocycles. The van der Waals surface area contributed by atoms with E-state index < -0.39 is 17.8 Å². The fraction of sp³-hybridized carbons (Fsp3) is 0.350. The number of fused-ring (bicyclic) bond motifs is 1. The molecular formula is C20H19F3N6OS. The van der Waals surface area contributed by atoms with E-state index in [2.05, 4.69) is 15.0 Å². The predicted octanol–water partition coefficient (Wildman–Crippen LogP) is 3.51. The Balaban J connectivity index is 1.77. The number of rotatable bonds is 4. The molecule has 7 nitrogen and oxygen atoms in total. The van der Waals surface area contributed by atoms with Crippen LogP contribution in [0, 0.1) is 11.3 Å². The van der Waals surface area contributed by atoms with Crippen LogP contribution < -0.4 is 10.5 Å². The molecule has 1 fully saturated rings. The molecule has 1 aliphatic rings. The zero-order valence-corrected chi connectivity index (χ0v) is 17.3. The molecule has 4 heterocycles. The minimum Gasteiger partial charge on any atom is -0.344 e. The molecule has 3 aromatic rings. The summed E-state index contributed by atoms with van der Waals surface area (Å²) in [7, 11) is 0. The topological polar surface area (TPSA) is 91.8 Å². The van der Waals surface area contributed by atoms with Gasteiger partial charge in [-0.05, 0) is 29.3 Å². The fourth-order valence-electron chi connectivity index (χ4n) is 3.80. The third-order valence-electron chi connectivity index (χ3n) is 5.14. The van der Waals surface area contributed by atoms with Gasteiger partial charge < -0.3 is 14.9 Å². The van der Waals surface area contributed by atoms with Gasteiger partial charge in [-0.1, -0.05) is 18.9 Å². The zero-order chi connectivity index (χ0) is 22.2.